The number of benzene rings is 2. The van der Waals surface area contributed by atoms with Crippen molar-refractivity contribution < 1.29 is 29.0 Å². The van der Waals surface area contributed by atoms with E-state index in [9.17, 15) is 19.2 Å². The lowest BCUT2D eigenvalue weighted by Gasteiger charge is -2.02. The largest absolute Gasteiger partial charge is 0.386 e. The van der Waals surface area contributed by atoms with E-state index in [4.69, 9.17) is 0 Å². The van der Waals surface area contributed by atoms with Crippen molar-refractivity contribution in [3.8, 4) is 0 Å². The van der Waals surface area contributed by atoms with E-state index < -0.39 is 11.9 Å². The van der Waals surface area contributed by atoms with Gasteiger partial charge in [0.25, 0.3) is 0 Å². The molecule has 3 rings (SSSR count). The maximum atomic E-state index is 11.5. The number of amides is 2. The number of carbonyl (C=O) groups is 4. The minimum atomic E-state index is -0.708. The molecule has 0 N–H and O–H groups in total. The Labute approximate surface area is 157 Å². The fraction of sp³-hybridized carbons (Fsp3) is 0.111. The third kappa shape index (κ3) is 5.52. The molecule has 0 saturated carbocycles. The van der Waals surface area contributed by atoms with Gasteiger partial charge in [0.05, 0.1) is 27.3 Å². The van der Waals surface area contributed by atoms with E-state index in [1.165, 1.54) is 0 Å². The predicted molar refractivity (Wildman–Crippen MR) is 93.7 cm³/mol. The Kier molecular flexibility index (Phi) is 7.04. The molecular weight excluding hydrogens is 406 g/mol. The highest BCUT2D eigenvalue weighted by Crippen LogP contribution is 2.14. The Morgan fingerprint density at radius 1 is 0.731 bits per heavy atom. The second-order valence-electron chi connectivity index (χ2n) is 5.04. The van der Waals surface area contributed by atoms with E-state index in [1.807, 2.05) is 0 Å². The van der Waals surface area contributed by atoms with Crippen molar-refractivity contribution in [3.05, 3.63) is 71.8 Å². The van der Waals surface area contributed by atoms with Gasteiger partial charge in [-0.05, 0) is 24.3 Å². The maximum absolute atomic E-state index is 11.5. The first-order valence-corrected chi connectivity index (χ1v) is 8.25. The summed E-state index contributed by atoms with van der Waals surface area (Å²) in [4.78, 5) is 52.8. The molecule has 8 heteroatoms. The summed E-state index contributed by atoms with van der Waals surface area (Å²) in [5.74, 6) is -1.70. The molecule has 0 spiro atoms. The quantitative estimate of drug-likeness (QED) is 0.321. The van der Waals surface area contributed by atoms with Gasteiger partial charge in [-0.25, -0.2) is 23.3 Å². The Hall–Kier alpha value is -3.00. The molecule has 0 radical (unpaired) electrons. The number of hydrogen-bond acceptors (Lipinski definition) is 6. The van der Waals surface area contributed by atoms with Crippen molar-refractivity contribution >= 4 is 39.9 Å². The Bertz CT molecular complexity index is 726. The van der Waals surface area contributed by atoms with Crippen molar-refractivity contribution in [3.63, 3.8) is 0 Å². The first-order chi connectivity index (χ1) is 12.5. The van der Waals surface area contributed by atoms with Gasteiger partial charge in [-0.15, -0.1) is 0 Å². The maximum Gasteiger partial charge on any atom is 0.386 e. The SMILES string of the molecule is O=C(OOC(=O)c1ccccc1)c1ccccc1.O=C1CCC(=O)N1Br. The van der Waals surface area contributed by atoms with E-state index in [-0.39, 0.29) is 11.8 Å². The zero-order valence-electron chi connectivity index (χ0n) is 13.5. The lowest BCUT2D eigenvalue weighted by atomic mass is 10.2. The summed E-state index contributed by atoms with van der Waals surface area (Å²) >= 11 is 2.80. The molecular formula is C18H14BrNO6. The molecule has 0 unspecified atom stereocenters. The number of rotatable bonds is 2. The lowest BCUT2D eigenvalue weighted by Crippen LogP contribution is -2.16. The van der Waals surface area contributed by atoms with Gasteiger partial charge in [0, 0.05) is 12.8 Å². The van der Waals surface area contributed by atoms with Crippen LogP contribution >= 0.6 is 16.1 Å². The normalized spacial score (nSPS) is 12.9. The standard InChI is InChI=1S/C14H10O4.C4H4BrNO2/c15-13(11-7-3-1-4-8-11)17-18-14(16)12-9-5-2-6-10-12;5-6-3(7)1-2-4(6)8/h1-10H;1-2H2. The third-order valence-electron chi connectivity index (χ3n) is 3.20. The highest BCUT2D eigenvalue weighted by Gasteiger charge is 2.26. The molecule has 2 amide bonds. The van der Waals surface area contributed by atoms with Crippen LogP contribution in [0.5, 0.6) is 0 Å². The van der Waals surface area contributed by atoms with Crippen molar-refractivity contribution in [1.29, 1.82) is 0 Å². The van der Waals surface area contributed by atoms with Crippen LogP contribution in [0, 0.1) is 0 Å². The van der Waals surface area contributed by atoms with Crippen LogP contribution in [0.2, 0.25) is 0 Å². The molecule has 1 fully saturated rings. The third-order valence-corrected chi connectivity index (χ3v) is 3.99. The second-order valence-corrected chi connectivity index (χ2v) is 5.75. The highest BCUT2D eigenvalue weighted by molar-refractivity contribution is 9.08. The molecule has 1 saturated heterocycles. The van der Waals surface area contributed by atoms with Gasteiger partial charge in [0.15, 0.2) is 0 Å². The van der Waals surface area contributed by atoms with E-state index in [0.29, 0.717) is 24.0 Å². The Morgan fingerprint density at radius 2 is 1.08 bits per heavy atom. The van der Waals surface area contributed by atoms with Crippen LogP contribution in [0.25, 0.3) is 0 Å². The molecule has 7 nitrogen and oxygen atoms in total. The number of carbonyl (C=O) groups excluding carboxylic acids is 4. The van der Waals surface area contributed by atoms with Crippen LogP contribution in [0.15, 0.2) is 60.7 Å². The van der Waals surface area contributed by atoms with Crippen LogP contribution in [-0.4, -0.2) is 27.7 Å². The van der Waals surface area contributed by atoms with Gasteiger partial charge < -0.3 is 0 Å². The van der Waals surface area contributed by atoms with Crippen molar-refractivity contribution in [2.24, 2.45) is 0 Å². The average Bonchev–Trinajstić information content (AvgIpc) is 2.98. The monoisotopic (exact) mass is 419 g/mol. The van der Waals surface area contributed by atoms with Crippen LogP contribution in [0.3, 0.4) is 0 Å². The van der Waals surface area contributed by atoms with Crippen LogP contribution in [0.1, 0.15) is 33.6 Å². The minimum absolute atomic E-state index is 0.144. The number of imide groups is 1. The molecule has 26 heavy (non-hydrogen) atoms. The number of hydrogen-bond donors (Lipinski definition) is 0. The van der Waals surface area contributed by atoms with Gasteiger partial charge in [-0.1, -0.05) is 36.4 Å². The summed E-state index contributed by atoms with van der Waals surface area (Å²) < 4.78 is 0.979. The highest BCUT2D eigenvalue weighted by atomic mass is 79.9. The molecule has 0 bridgehead atoms. The first kappa shape index (κ1) is 19.3. The van der Waals surface area contributed by atoms with Crippen molar-refractivity contribution in [2.75, 3.05) is 0 Å². The Balaban J connectivity index is 0.000000254. The summed E-state index contributed by atoms with van der Waals surface area (Å²) in [6, 6.07) is 16.6. The molecule has 0 atom stereocenters. The van der Waals surface area contributed by atoms with E-state index in [0.717, 1.165) is 3.93 Å². The van der Waals surface area contributed by atoms with Gasteiger partial charge >= 0.3 is 11.9 Å². The van der Waals surface area contributed by atoms with E-state index >= 15 is 0 Å². The van der Waals surface area contributed by atoms with E-state index in [1.54, 1.807) is 60.7 Å². The smallest absolute Gasteiger partial charge is 0.274 e. The lowest BCUT2D eigenvalue weighted by molar-refractivity contribution is -0.187. The average molecular weight is 420 g/mol. The zero-order valence-corrected chi connectivity index (χ0v) is 15.0. The molecule has 1 heterocycles. The molecule has 2 aromatic rings. The molecule has 134 valence electrons. The van der Waals surface area contributed by atoms with Crippen LogP contribution < -0.4 is 0 Å². The van der Waals surface area contributed by atoms with Gasteiger partial charge in [0.2, 0.25) is 11.8 Å². The summed E-state index contributed by atoms with van der Waals surface area (Å²) in [7, 11) is 0. The fourth-order valence-electron chi connectivity index (χ4n) is 1.87. The van der Waals surface area contributed by atoms with Gasteiger partial charge in [-0.2, -0.15) is 0 Å². The van der Waals surface area contributed by atoms with Crippen LogP contribution in [-0.2, 0) is 19.4 Å². The van der Waals surface area contributed by atoms with Gasteiger partial charge in [0.1, 0.15) is 0 Å². The Morgan fingerprint density at radius 3 is 1.35 bits per heavy atom. The summed E-state index contributed by atoms with van der Waals surface area (Å²) in [5, 5.41) is 0. The van der Waals surface area contributed by atoms with Gasteiger partial charge in [-0.3, -0.25) is 9.59 Å². The van der Waals surface area contributed by atoms with Crippen LogP contribution in [0.4, 0.5) is 0 Å². The minimum Gasteiger partial charge on any atom is -0.274 e. The fourth-order valence-corrected chi connectivity index (χ4v) is 2.22. The van der Waals surface area contributed by atoms with E-state index in [2.05, 4.69) is 25.9 Å². The first-order valence-electron chi connectivity index (χ1n) is 7.54. The summed E-state index contributed by atoms with van der Waals surface area (Å²) in [5.41, 5.74) is 0.636. The van der Waals surface area contributed by atoms with Crippen molar-refractivity contribution in [2.45, 2.75) is 12.8 Å². The predicted octanol–water partition coefficient (Wildman–Crippen LogP) is 3.06. The molecule has 0 aromatic heterocycles. The number of nitrogens with zero attached hydrogens (tertiary/aromatic N) is 1. The molecule has 0 aliphatic carbocycles. The molecule has 2 aromatic carbocycles. The molecule has 1 aliphatic heterocycles. The summed E-state index contributed by atoms with van der Waals surface area (Å²) in [6.07, 6.45) is 0.703. The second kappa shape index (κ2) is 9.47. The number of halogens is 1. The summed E-state index contributed by atoms with van der Waals surface area (Å²) in [6.45, 7) is 0. The molecule has 1 aliphatic rings. The zero-order chi connectivity index (χ0) is 18.9. The topological polar surface area (TPSA) is 90.0 Å². The van der Waals surface area contributed by atoms with Crippen molar-refractivity contribution in [1.82, 2.24) is 3.93 Å².